The number of amides is 1. The summed E-state index contributed by atoms with van der Waals surface area (Å²) in [5, 5.41) is 12.4. The number of anilines is 1. The topological polar surface area (TPSA) is 82.5 Å². The van der Waals surface area contributed by atoms with Crippen LogP contribution in [0.15, 0.2) is 54.7 Å². The lowest BCUT2D eigenvalue weighted by Gasteiger charge is -2.34. The largest absolute Gasteiger partial charge is 0.481 e. The Hall–Kier alpha value is -2.99. The predicted molar refractivity (Wildman–Crippen MR) is 109 cm³/mol. The van der Waals surface area contributed by atoms with E-state index in [2.05, 4.69) is 10.3 Å². The Labute approximate surface area is 164 Å². The number of carbonyl (C=O) groups is 2. The Morgan fingerprint density at radius 3 is 2.61 bits per heavy atom. The van der Waals surface area contributed by atoms with Crippen molar-refractivity contribution in [3.8, 4) is 0 Å². The van der Waals surface area contributed by atoms with Gasteiger partial charge in [-0.2, -0.15) is 0 Å². The summed E-state index contributed by atoms with van der Waals surface area (Å²) in [7, 11) is 0. The number of pyridine rings is 1. The Kier molecular flexibility index (Phi) is 6.55. The van der Waals surface area contributed by atoms with Gasteiger partial charge in [0.25, 0.3) is 0 Å². The molecule has 6 heteroatoms. The zero-order valence-electron chi connectivity index (χ0n) is 15.9. The summed E-state index contributed by atoms with van der Waals surface area (Å²) in [6.07, 6.45) is 5.99. The highest BCUT2D eigenvalue weighted by Gasteiger charge is 2.34. The van der Waals surface area contributed by atoms with E-state index in [1.54, 1.807) is 12.3 Å². The molecule has 1 aliphatic heterocycles. The summed E-state index contributed by atoms with van der Waals surface area (Å²) in [5.41, 5.74) is 2.59. The van der Waals surface area contributed by atoms with Crippen LogP contribution in [0, 0.1) is 18.8 Å². The fraction of sp³-hybridized carbons (Fsp3) is 0.318. The molecule has 2 N–H and O–H groups in total. The van der Waals surface area contributed by atoms with Crippen LogP contribution in [0.3, 0.4) is 0 Å². The van der Waals surface area contributed by atoms with E-state index >= 15 is 0 Å². The molecule has 0 spiro atoms. The zero-order valence-corrected chi connectivity index (χ0v) is 15.9. The Bertz CT molecular complexity index is 834. The monoisotopic (exact) mass is 379 g/mol. The molecule has 0 unspecified atom stereocenters. The van der Waals surface area contributed by atoms with E-state index in [9.17, 15) is 14.7 Å². The van der Waals surface area contributed by atoms with Crippen LogP contribution < -0.4 is 5.32 Å². The van der Waals surface area contributed by atoms with Crippen LogP contribution in [0.5, 0.6) is 0 Å². The van der Waals surface area contributed by atoms with Gasteiger partial charge in [-0.05, 0) is 31.0 Å². The molecule has 0 saturated carbocycles. The van der Waals surface area contributed by atoms with Crippen molar-refractivity contribution in [2.75, 3.05) is 25.0 Å². The third-order valence-corrected chi connectivity index (χ3v) is 4.90. The molecule has 1 saturated heterocycles. The molecule has 0 aliphatic carbocycles. The number of rotatable bonds is 6. The quantitative estimate of drug-likeness (QED) is 0.806. The van der Waals surface area contributed by atoms with Crippen molar-refractivity contribution in [1.82, 2.24) is 9.88 Å². The van der Waals surface area contributed by atoms with Gasteiger partial charge in [0.1, 0.15) is 0 Å². The molecule has 2 atom stereocenters. The zero-order chi connectivity index (χ0) is 19.9. The summed E-state index contributed by atoms with van der Waals surface area (Å²) >= 11 is 0. The molecule has 2 heterocycles. The van der Waals surface area contributed by atoms with Crippen molar-refractivity contribution in [2.45, 2.75) is 13.3 Å². The van der Waals surface area contributed by atoms with Gasteiger partial charge in [0.15, 0.2) is 0 Å². The Morgan fingerprint density at radius 2 is 1.93 bits per heavy atom. The van der Waals surface area contributed by atoms with E-state index in [-0.39, 0.29) is 11.8 Å². The van der Waals surface area contributed by atoms with Crippen LogP contribution >= 0.6 is 0 Å². The molecule has 1 fully saturated rings. The number of carboxylic acids is 1. The lowest BCUT2D eigenvalue weighted by Crippen LogP contribution is -2.46. The first-order valence-corrected chi connectivity index (χ1v) is 9.41. The predicted octanol–water partition coefficient (Wildman–Crippen LogP) is 3.06. The van der Waals surface area contributed by atoms with Crippen LogP contribution in [-0.2, 0) is 9.59 Å². The molecule has 1 aromatic heterocycles. The summed E-state index contributed by atoms with van der Waals surface area (Å²) in [6, 6.07) is 13.6. The molecule has 0 bridgehead atoms. The van der Waals surface area contributed by atoms with Crippen molar-refractivity contribution in [2.24, 2.45) is 11.8 Å². The second-order valence-corrected chi connectivity index (χ2v) is 7.18. The molecule has 1 amide bonds. The fourth-order valence-electron chi connectivity index (χ4n) is 3.40. The van der Waals surface area contributed by atoms with Gasteiger partial charge >= 0.3 is 5.97 Å². The number of aromatic nitrogens is 1. The highest BCUT2D eigenvalue weighted by molar-refractivity contribution is 5.93. The molecule has 3 rings (SSSR count). The Morgan fingerprint density at radius 1 is 1.18 bits per heavy atom. The molecule has 2 aromatic rings. The van der Waals surface area contributed by atoms with Crippen molar-refractivity contribution in [1.29, 1.82) is 0 Å². The number of benzene rings is 1. The molecule has 0 radical (unpaired) electrons. The number of carboxylic acid groups (broad SMARTS) is 1. The molecule has 146 valence electrons. The number of hydrogen-bond acceptors (Lipinski definition) is 4. The van der Waals surface area contributed by atoms with E-state index in [0.29, 0.717) is 31.7 Å². The number of likely N-dealkylation sites (tertiary alicyclic amines) is 1. The molecule has 1 aliphatic rings. The first-order valence-electron chi connectivity index (χ1n) is 9.41. The number of piperidine rings is 1. The highest BCUT2D eigenvalue weighted by Crippen LogP contribution is 2.24. The van der Waals surface area contributed by atoms with Gasteiger partial charge in [-0.15, -0.1) is 0 Å². The van der Waals surface area contributed by atoms with Crippen LogP contribution in [0.2, 0.25) is 0 Å². The highest BCUT2D eigenvalue weighted by atomic mass is 16.4. The van der Waals surface area contributed by atoms with Gasteiger partial charge in [0, 0.05) is 25.3 Å². The van der Waals surface area contributed by atoms with E-state index < -0.39 is 11.9 Å². The van der Waals surface area contributed by atoms with Crippen LogP contribution in [0.1, 0.15) is 17.7 Å². The normalized spacial score (nSPS) is 20.2. The SMILES string of the molecule is Cc1ccc(NC(=O)[C@@H]2C[C@H](C(=O)O)CN(C/C=C/c3ccccc3)C2)cn1. The van der Waals surface area contributed by atoms with Crippen LogP contribution in [0.4, 0.5) is 5.69 Å². The molecular formula is C22H25N3O3. The van der Waals surface area contributed by atoms with Crippen molar-refractivity contribution < 1.29 is 14.7 Å². The van der Waals surface area contributed by atoms with E-state index in [0.717, 1.165) is 11.3 Å². The molecule has 1 aromatic carbocycles. The van der Waals surface area contributed by atoms with Gasteiger partial charge in [-0.3, -0.25) is 19.5 Å². The number of nitrogens with one attached hydrogen (secondary N) is 1. The minimum atomic E-state index is -0.855. The lowest BCUT2D eigenvalue weighted by molar-refractivity contribution is -0.145. The summed E-state index contributed by atoms with van der Waals surface area (Å²) in [4.78, 5) is 30.5. The number of carbonyl (C=O) groups excluding carboxylic acids is 1. The Balaban J connectivity index is 1.63. The van der Waals surface area contributed by atoms with Gasteiger partial charge in [0.05, 0.1) is 23.7 Å². The van der Waals surface area contributed by atoms with E-state index in [4.69, 9.17) is 0 Å². The van der Waals surface area contributed by atoms with Gasteiger partial charge in [0.2, 0.25) is 5.91 Å². The average Bonchev–Trinajstić information content (AvgIpc) is 2.70. The number of hydrogen-bond donors (Lipinski definition) is 2. The van der Waals surface area contributed by atoms with Crippen LogP contribution in [-0.4, -0.2) is 46.5 Å². The van der Waals surface area contributed by atoms with E-state index in [1.165, 1.54) is 0 Å². The maximum absolute atomic E-state index is 12.7. The maximum atomic E-state index is 12.7. The molecule has 28 heavy (non-hydrogen) atoms. The lowest BCUT2D eigenvalue weighted by atomic mass is 9.88. The minimum absolute atomic E-state index is 0.159. The summed E-state index contributed by atoms with van der Waals surface area (Å²) in [5.74, 6) is -1.94. The maximum Gasteiger partial charge on any atom is 0.307 e. The fourth-order valence-corrected chi connectivity index (χ4v) is 3.40. The summed E-state index contributed by atoms with van der Waals surface area (Å²) in [6.45, 7) is 3.47. The minimum Gasteiger partial charge on any atom is -0.481 e. The summed E-state index contributed by atoms with van der Waals surface area (Å²) < 4.78 is 0. The second kappa shape index (κ2) is 9.28. The molecular weight excluding hydrogens is 354 g/mol. The average molecular weight is 379 g/mol. The van der Waals surface area contributed by atoms with Crippen molar-refractivity contribution in [3.05, 3.63) is 66.0 Å². The van der Waals surface area contributed by atoms with E-state index in [1.807, 2.05) is 60.4 Å². The van der Waals surface area contributed by atoms with Crippen molar-refractivity contribution in [3.63, 3.8) is 0 Å². The smallest absolute Gasteiger partial charge is 0.307 e. The van der Waals surface area contributed by atoms with Gasteiger partial charge in [-0.25, -0.2) is 0 Å². The second-order valence-electron chi connectivity index (χ2n) is 7.18. The number of aliphatic carboxylic acids is 1. The third kappa shape index (κ3) is 5.50. The van der Waals surface area contributed by atoms with Crippen LogP contribution in [0.25, 0.3) is 6.08 Å². The number of nitrogens with zero attached hydrogens (tertiary/aromatic N) is 2. The first kappa shape index (κ1) is 19.8. The van der Waals surface area contributed by atoms with Crippen molar-refractivity contribution >= 4 is 23.6 Å². The molecule has 6 nitrogen and oxygen atoms in total. The van der Waals surface area contributed by atoms with Gasteiger partial charge < -0.3 is 10.4 Å². The first-order chi connectivity index (χ1) is 13.5. The standard InChI is InChI=1S/C22H25N3O3/c1-16-9-10-20(13-23-16)24-21(26)18-12-19(22(27)28)15-25(14-18)11-5-8-17-6-3-2-4-7-17/h2-10,13,18-19H,11-12,14-15H2,1H3,(H,24,26)(H,27,28)/b8-5+/t18-,19+/m1/s1. The third-order valence-electron chi connectivity index (χ3n) is 4.90. The number of aryl methyl sites for hydroxylation is 1. The van der Waals surface area contributed by atoms with Gasteiger partial charge in [-0.1, -0.05) is 42.5 Å².